The Labute approximate surface area is 221 Å². The Kier molecular flexibility index (Phi) is 6.71. The molecule has 0 bridgehead atoms. The SMILES string of the molecule is N#Cc1cc(Oc2ccc(NC(=O)NCc3ccc4c(c3)C(=O)N(C3CCC(=O)NC3=O)C4=O)cc2)ccn1. The maximum atomic E-state index is 13.0. The second kappa shape index (κ2) is 10.4. The average Bonchev–Trinajstić information content (AvgIpc) is 3.18. The summed E-state index contributed by atoms with van der Waals surface area (Å²) in [5, 5.41) is 16.5. The minimum Gasteiger partial charge on any atom is -0.457 e. The molecule has 194 valence electrons. The van der Waals surface area contributed by atoms with Gasteiger partial charge in [-0.15, -0.1) is 0 Å². The van der Waals surface area contributed by atoms with E-state index in [-0.39, 0.29) is 36.2 Å². The third kappa shape index (κ3) is 5.28. The van der Waals surface area contributed by atoms with Crippen LogP contribution in [0.3, 0.4) is 0 Å². The predicted molar refractivity (Wildman–Crippen MR) is 134 cm³/mol. The number of pyridine rings is 1. The van der Waals surface area contributed by atoms with Crippen LogP contribution in [0.5, 0.6) is 11.5 Å². The summed E-state index contributed by atoms with van der Waals surface area (Å²) < 4.78 is 5.68. The number of anilines is 1. The molecule has 39 heavy (non-hydrogen) atoms. The largest absolute Gasteiger partial charge is 0.457 e. The zero-order valence-corrected chi connectivity index (χ0v) is 20.3. The fourth-order valence-corrected chi connectivity index (χ4v) is 4.26. The van der Waals surface area contributed by atoms with Crippen LogP contribution in [0.15, 0.2) is 60.8 Å². The Hall–Kier alpha value is -5.57. The molecule has 2 aromatic carbocycles. The molecule has 6 amide bonds. The lowest BCUT2D eigenvalue weighted by molar-refractivity contribution is -0.136. The molecule has 0 spiro atoms. The summed E-state index contributed by atoms with van der Waals surface area (Å²) >= 11 is 0. The molecule has 3 heterocycles. The summed E-state index contributed by atoms with van der Waals surface area (Å²) in [4.78, 5) is 66.6. The number of fused-ring (bicyclic) bond motifs is 1. The maximum Gasteiger partial charge on any atom is 0.319 e. The number of nitrogens with one attached hydrogen (secondary N) is 3. The van der Waals surface area contributed by atoms with Gasteiger partial charge in [0.05, 0.1) is 11.1 Å². The van der Waals surface area contributed by atoms with Crippen molar-refractivity contribution in [3.05, 3.63) is 83.2 Å². The van der Waals surface area contributed by atoms with E-state index >= 15 is 0 Å². The average molecular weight is 524 g/mol. The monoisotopic (exact) mass is 524 g/mol. The van der Waals surface area contributed by atoms with Crippen LogP contribution in [-0.4, -0.2) is 45.6 Å². The van der Waals surface area contributed by atoms with Gasteiger partial charge in [-0.1, -0.05) is 6.07 Å². The summed E-state index contributed by atoms with van der Waals surface area (Å²) in [6, 6.07) is 14.7. The minimum absolute atomic E-state index is 0.0395. The summed E-state index contributed by atoms with van der Waals surface area (Å²) in [5.41, 5.74) is 1.61. The Balaban J connectivity index is 1.17. The van der Waals surface area contributed by atoms with Crippen molar-refractivity contribution in [1.29, 1.82) is 5.26 Å². The number of nitrogens with zero attached hydrogens (tertiary/aromatic N) is 3. The highest BCUT2D eigenvalue weighted by atomic mass is 16.5. The van der Waals surface area contributed by atoms with E-state index in [1.54, 1.807) is 36.4 Å². The molecule has 1 saturated heterocycles. The normalized spacial score (nSPS) is 16.3. The molecule has 12 heteroatoms. The van der Waals surface area contributed by atoms with E-state index in [9.17, 15) is 24.0 Å². The van der Waals surface area contributed by atoms with Crippen molar-refractivity contribution >= 4 is 35.3 Å². The number of benzene rings is 2. The van der Waals surface area contributed by atoms with Gasteiger partial charge in [0.15, 0.2) is 0 Å². The number of hydrogen-bond acceptors (Lipinski definition) is 8. The summed E-state index contributed by atoms with van der Waals surface area (Å²) in [7, 11) is 0. The fraction of sp³-hybridized carbons (Fsp3) is 0.148. The molecule has 2 aliphatic rings. The Bertz CT molecular complexity index is 1560. The van der Waals surface area contributed by atoms with Gasteiger partial charge in [-0.3, -0.25) is 29.4 Å². The van der Waals surface area contributed by atoms with Gasteiger partial charge in [0.25, 0.3) is 11.8 Å². The summed E-state index contributed by atoms with van der Waals surface area (Å²) in [6.07, 6.45) is 1.58. The smallest absolute Gasteiger partial charge is 0.319 e. The van der Waals surface area contributed by atoms with Gasteiger partial charge in [0.1, 0.15) is 29.3 Å². The molecule has 0 aliphatic carbocycles. The molecule has 1 atom stereocenters. The van der Waals surface area contributed by atoms with Crippen molar-refractivity contribution in [2.75, 3.05) is 5.32 Å². The molecule has 2 aliphatic heterocycles. The van der Waals surface area contributed by atoms with Gasteiger partial charge >= 0.3 is 6.03 Å². The molecule has 0 radical (unpaired) electrons. The van der Waals surface area contributed by atoms with E-state index in [0.717, 1.165) is 4.90 Å². The Morgan fingerprint density at radius 3 is 2.54 bits per heavy atom. The predicted octanol–water partition coefficient (Wildman–Crippen LogP) is 2.47. The number of urea groups is 1. The van der Waals surface area contributed by atoms with Gasteiger partial charge in [0, 0.05) is 30.9 Å². The third-order valence-electron chi connectivity index (χ3n) is 6.15. The zero-order chi connectivity index (χ0) is 27.5. The molecule has 3 N–H and O–H groups in total. The molecule has 12 nitrogen and oxygen atoms in total. The number of rotatable bonds is 6. The Morgan fingerprint density at radius 1 is 1.03 bits per heavy atom. The first-order valence-corrected chi connectivity index (χ1v) is 11.9. The number of carbonyl (C=O) groups is 5. The van der Waals surface area contributed by atoms with Crippen LogP contribution in [-0.2, 0) is 16.1 Å². The standard InChI is InChI=1S/C27H20N6O6/c28-13-17-12-19(9-10-29-17)39-18-4-2-16(3-5-18)31-27(38)30-14-15-1-6-20-21(11-15)26(37)33(25(20)36)22-7-8-23(34)32-24(22)35/h1-6,9-12,22H,7-8,14H2,(H2,30,31,38)(H,32,34,35). The highest BCUT2D eigenvalue weighted by molar-refractivity contribution is 6.23. The second-order valence-electron chi connectivity index (χ2n) is 8.75. The molecular formula is C27H20N6O6. The van der Waals surface area contributed by atoms with E-state index in [0.29, 0.717) is 22.7 Å². The highest BCUT2D eigenvalue weighted by Crippen LogP contribution is 2.28. The number of nitriles is 1. The topological polar surface area (TPSA) is 171 Å². The van der Waals surface area contributed by atoms with Gasteiger partial charge in [0.2, 0.25) is 11.8 Å². The van der Waals surface area contributed by atoms with Crippen molar-refractivity contribution in [3.8, 4) is 17.6 Å². The number of piperidine rings is 1. The zero-order valence-electron chi connectivity index (χ0n) is 20.3. The lowest BCUT2D eigenvalue weighted by Gasteiger charge is -2.27. The first-order chi connectivity index (χ1) is 18.8. The first kappa shape index (κ1) is 25.1. The van der Waals surface area contributed by atoms with Crippen LogP contribution < -0.4 is 20.7 Å². The molecule has 1 aromatic heterocycles. The number of aromatic nitrogens is 1. The van der Waals surface area contributed by atoms with Crippen LogP contribution in [0.1, 0.15) is 44.8 Å². The molecule has 0 saturated carbocycles. The molecule has 5 rings (SSSR count). The van der Waals surface area contributed by atoms with Crippen molar-refractivity contribution < 1.29 is 28.7 Å². The van der Waals surface area contributed by atoms with Gasteiger partial charge < -0.3 is 15.4 Å². The van der Waals surface area contributed by atoms with Crippen molar-refractivity contribution in [2.45, 2.75) is 25.4 Å². The number of amides is 6. The summed E-state index contributed by atoms with van der Waals surface area (Å²) in [5.74, 6) is -1.37. The van der Waals surface area contributed by atoms with Crippen LogP contribution in [0.25, 0.3) is 0 Å². The quantitative estimate of drug-likeness (QED) is 0.413. The molecule has 3 aromatic rings. The number of ether oxygens (including phenoxy) is 1. The molecular weight excluding hydrogens is 504 g/mol. The van der Waals surface area contributed by atoms with E-state index in [4.69, 9.17) is 10.00 Å². The van der Waals surface area contributed by atoms with E-state index in [1.165, 1.54) is 24.4 Å². The first-order valence-electron chi connectivity index (χ1n) is 11.9. The van der Waals surface area contributed by atoms with E-state index in [1.807, 2.05) is 6.07 Å². The number of hydrogen-bond donors (Lipinski definition) is 3. The van der Waals surface area contributed by atoms with E-state index in [2.05, 4.69) is 20.9 Å². The summed E-state index contributed by atoms with van der Waals surface area (Å²) in [6.45, 7) is 0.0729. The van der Waals surface area contributed by atoms with Crippen LogP contribution in [0.4, 0.5) is 10.5 Å². The third-order valence-corrected chi connectivity index (χ3v) is 6.15. The number of imide groups is 2. The van der Waals surface area contributed by atoms with Crippen LogP contribution in [0.2, 0.25) is 0 Å². The van der Waals surface area contributed by atoms with Gasteiger partial charge in [-0.05, 0) is 54.4 Å². The Morgan fingerprint density at radius 2 is 1.79 bits per heavy atom. The maximum absolute atomic E-state index is 13.0. The molecule has 1 fully saturated rings. The van der Waals surface area contributed by atoms with E-state index < -0.39 is 35.7 Å². The lowest BCUT2D eigenvalue weighted by atomic mass is 10.0. The lowest BCUT2D eigenvalue weighted by Crippen LogP contribution is -2.54. The van der Waals surface area contributed by atoms with Crippen molar-refractivity contribution in [2.24, 2.45) is 0 Å². The van der Waals surface area contributed by atoms with Crippen LogP contribution in [0, 0.1) is 11.3 Å². The fourth-order valence-electron chi connectivity index (χ4n) is 4.26. The second-order valence-corrected chi connectivity index (χ2v) is 8.75. The van der Waals surface area contributed by atoms with Crippen molar-refractivity contribution in [1.82, 2.24) is 20.5 Å². The molecule has 1 unspecified atom stereocenters. The van der Waals surface area contributed by atoms with Crippen molar-refractivity contribution in [3.63, 3.8) is 0 Å². The highest BCUT2D eigenvalue weighted by Gasteiger charge is 2.44. The minimum atomic E-state index is -1.04. The van der Waals surface area contributed by atoms with Gasteiger partial charge in [-0.25, -0.2) is 9.78 Å². The number of carbonyl (C=O) groups excluding carboxylic acids is 5. The van der Waals surface area contributed by atoms with Gasteiger partial charge in [-0.2, -0.15) is 5.26 Å². The van der Waals surface area contributed by atoms with Crippen LogP contribution >= 0.6 is 0 Å².